The van der Waals surface area contributed by atoms with Crippen molar-refractivity contribution in [1.82, 2.24) is 0 Å². The summed E-state index contributed by atoms with van der Waals surface area (Å²) < 4.78 is 0. The Balaban J connectivity index is 1.69. The number of hydrogen-bond donors (Lipinski definition) is 1. The number of rotatable bonds is 2. The largest absolute Gasteiger partial charge is 0.327 e. The Morgan fingerprint density at radius 1 is 1.00 bits per heavy atom. The maximum Gasteiger partial charge on any atom is 0.0140 e. The van der Waals surface area contributed by atoms with Crippen LogP contribution in [0.2, 0.25) is 0 Å². The fourth-order valence-electron chi connectivity index (χ4n) is 3.67. The summed E-state index contributed by atoms with van der Waals surface area (Å²) in [6.07, 6.45) is 9.57. The zero-order valence-corrected chi connectivity index (χ0v) is 10.6. The molecule has 1 heteroatoms. The van der Waals surface area contributed by atoms with Gasteiger partial charge in [0.25, 0.3) is 0 Å². The van der Waals surface area contributed by atoms with Crippen molar-refractivity contribution in [1.29, 1.82) is 0 Å². The standard InChI is InChI=1S/C16H23N/c17-16(12-7-3-1-2-4-8-12)15-11-13-9-5-6-10-14(13)15/h5-6,9-10,12,15-16H,1-4,7-8,11,17H2. The van der Waals surface area contributed by atoms with Gasteiger partial charge in [0.15, 0.2) is 0 Å². The van der Waals surface area contributed by atoms with Crippen molar-refractivity contribution in [2.45, 2.75) is 56.9 Å². The van der Waals surface area contributed by atoms with E-state index in [1.165, 1.54) is 56.1 Å². The van der Waals surface area contributed by atoms with Gasteiger partial charge in [-0.15, -0.1) is 0 Å². The van der Waals surface area contributed by atoms with E-state index < -0.39 is 0 Å². The van der Waals surface area contributed by atoms with Crippen molar-refractivity contribution in [2.75, 3.05) is 0 Å². The summed E-state index contributed by atoms with van der Waals surface area (Å²) in [7, 11) is 0. The zero-order valence-electron chi connectivity index (χ0n) is 10.6. The first kappa shape index (κ1) is 11.3. The monoisotopic (exact) mass is 229 g/mol. The minimum absolute atomic E-state index is 0.406. The summed E-state index contributed by atoms with van der Waals surface area (Å²) in [6.45, 7) is 0. The van der Waals surface area contributed by atoms with Crippen molar-refractivity contribution >= 4 is 0 Å². The van der Waals surface area contributed by atoms with Gasteiger partial charge in [-0.2, -0.15) is 0 Å². The van der Waals surface area contributed by atoms with E-state index in [0.717, 1.165) is 5.92 Å². The SMILES string of the molecule is NC(C1CCCCCC1)C1Cc2ccccc21. The average Bonchev–Trinajstić information content (AvgIpc) is 2.59. The van der Waals surface area contributed by atoms with E-state index >= 15 is 0 Å². The van der Waals surface area contributed by atoms with Crippen LogP contribution in [0, 0.1) is 5.92 Å². The molecule has 1 aromatic rings. The molecule has 1 fully saturated rings. The summed E-state index contributed by atoms with van der Waals surface area (Å²) in [4.78, 5) is 0. The van der Waals surface area contributed by atoms with Gasteiger partial charge < -0.3 is 5.73 Å². The van der Waals surface area contributed by atoms with Gasteiger partial charge in [-0.3, -0.25) is 0 Å². The summed E-state index contributed by atoms with van der Waals surface area (Å²) >= 11 is 0. The van der Waals surface area contributed by atoms with Gasteiger partial charge in [0.05, 0.1) is 0 Å². The molecule has 2 aliphatic carbocycles. The molecule has 0 saturated heterocycles. The molecule has 1 saturated carbocycles. The highest BCUT2D eigenvalue weighted by molar-refractivity contribution is 5.41. The predicted octanol–water partition coefficient (Wildman–Crippen LogP) is 3.62. The molecule has 0 heterocycles. The Kier molecular flexibility index (Phi) is 3.19. The highest BCUT2D eigenvalue weighted by Gasteiger charge is 2.34. The fourth-order valence-corrected chi connectivity index (χ4v) is 3.67. The molecule has 0 radical (unpaired) electrons. The first-order chi connectivity index (χ1) is 8.36. The molecule has 0 aromatic heterocycles. The van der Waals surface area contributed by atoms with Gasteiger partial charge in [0.2, 0.25) is 0 Å². The highest BCUT2D eigenvalue weighted by Crippen LogP contribution is 2.41. The Morgan fingerprint density at radius 2 is 1.71 bits per heavy atom. The first-order valence-corrected chi connectivity index (χ1v) is 7.19. The van der Waals surface area contributed by atoms with E-state index in [0.29, 0.717) is 12.0 Å². The molecule has 0 aliphatic heterocycles. The van der Waals surface area contributed by atoms with Gasteiger partial charge in [0.1, 0.15) is 0 Å². The Morgan fingerprint density at radius 3 is 2.41 bits per heavy atom. The van der Waals surface area contributed by atoms with Crippen molar-refractivity contribution in [3.05, 3.63) is 35.4 Å². The lowest BCUT2D eigenvalue weighted by atomic mass is 9.69. The molecular formula is C16H23N. The topological polar surface area (TPSA) is 26.0 Å². The number of fused-ring (bicyclic) bond motifs is 1. The van der Waals surface area contributed by atoms with Crippen LogP contribution in [0.25, 0.3) is 0 Å². The zero-order chi connectivity index (χ0) is 11.7. The fraction of sp³-hybridized carbons (Fsp3) is 0.625. The molecular weight excluding hydrogens is 206 g/mol. The van der Waals surface area contributed by atoms with E-state index in [1.807, 2.05) is 0 Å². The Hall–Kier alpha value is -0.820. The molecule has 0 spiro atoms. The summed E-state index contributed by atoms with van der Waals surface area (Å²) in [6, 6.07) is 9.24. The van der Waals surface area contributed by atoms with Crippen LogP contribution >= 0.6 is 0 Å². The van der Waals surface area contributed by atoms with Crippen LogP contribution in [-0.2, 0) is 6.42 Å². The maximum absolute atomic E-state index is 6.54. The molecule has 2 N–H and O–H groups in total. The third-order valence-electron chi connectivity index (χ3n) is 4.80. The van der Waals surface area contributed by atoms with E-state index in [1.54, 1.807) is 0 Å². The molecule has 0 amide bonds. The van der Waals surface area contributed by atoms with Crippen LogP contribution in [0.4, 0.5) is 0 Å². The lowest BCUT2D eigenvalue weighted by Crippen LogP contribution is -2.41. The number of hydrogen-bond acceptors (Lipinski definition) is 1. The second-order valence-corrected chi connectivity index (χ2v) is 5.84. The molecule has 2 aliphatic rings. The second kappa shape index (κ2) is 4.81. The van der Waals surface area contributed by atoms with Crippen molar-refractivity contribution < 1.29 is 0 Å². The van der Waals surface area contributed by atoms with E-state index in [-0.39, 0.29) is 0 Å². The molecule has 17 heavy (non-hydrogen) atoms. The number of nitrogens with two attached hydrogens (primary N) is 1. The second-order valence-electron chi connectivity index (χ2n) is 5.84. The average molecular weight is 229 g/mol. The Labute approximate surface area is 104 Å². The van der Waals surface area contributed by atoms with Crippen molar-refractivity contribution in [3.63, 3.8) is 0 Å². The van der Waals surface area contributed by atoms with Crippen LogP contribution in [0.3, 0.4) is 0 Å². The quantitative estimate of drug-likeness (QED) is 0.770. The normalized spacial score (nSPS) is 26.8. The maximum atomic E-state index is 6.54. The molecule has 2 unspecified atom stereocenters. The van der Waals surface area contributed by atoms with E-state index in [4.69, 9.17) is 5.73 Å². The van der Waals surface area contributed by atoms with Crippen LogP contribution < -0.4 is 5.73 Å². The van der Waals surface area contributed by atoms with Gasteiger partial charge in [-0.1, -0.05) is 49.9 Å². The smallest absolute Gasteiger partial charge is 0.0140 e. The third kappa shape index (κ3) is 2.13. The minimum atomic E-state index is 0.406. The van der Waals surface area contributed by atoms with Crippen LogP contribution in [-0.4, -0.2) is 6.04 Å². The molecule has 3 rings (SSSR count). The molecule has 92 valence electrons. The van der Waals surface area contributed by atoms with Crippen LogP contribution in [0.1, 0.15) is 55.6 Å². The molecule has 1 nitrogen and oxygen atoms in total. The number of benzene rings is 1. The van der Waals surface area contributed by atoms with Crippen LogP contribution in [0.15, 0.2) is 24.3 Å². The van der Waals surface area contributed by atoms with Crippen molar-refractivity contribution in [3.8, 4) is 0 Å². The summed E-state index contributed by atoms with van der Waals surface area (Å²) in [5.74, 6) is 1.42. The first-order valence-electron chi connectivity index (χ1n) is 7.19. The predicted molar refractivity (Wildman–Crippen MR) is 72.1 cm³/mol. The Bertz CT molecular complexity index is 377. The molecule has 1 aromatic carbocycles. The van der Waals surface area contributed by atoms with E-state index in [2.05, 4.69) is 24.3 Å². The van der Waals surface area contributed by atoms with Gasteiger partial charge in [0, 0.05) is 12.0 Å². The highest BCUT2D eigenvalue weighted by atomic mass is 14.7. The lowest BCUT2D eigenvalue weighted by molar-refractivity contribution is 0.314. The van der Waals surface area contributed by atoms with Crippen LogP contribution in [0.5, 0.6) is 0 Å². The van der Waals surface area contributed by atoms with Crippen molar-refractivity contribution in [2.24, 2.45) is 11.7 Å². The van der Waals surface area contributed by atoms with Gasteiger partial charge in [-0.05, 0) is 36.3 Å². The van der Waals surface area contributed by atoms with E-state index in [9.17, 15) is 0 Å². The van der Waals surface area contributed by atoms with Gasteiger partial charge in [-0.25, -0.2) is 0 Å². The van der Waals surface area contributed by atoms with Gasteiger partial charge >= 0.3 is 0 Å². The minimum Gasteiger partial charge on any atom is -0.327 e. The third-order valence-corrected chi connectivity index (χ3v) is 4.80. The summed E-state index contributed by atoms with van der Waals surface area (Å²) in [5, 5.41) is 0. The molecule has 2 atom stereocenters. The molecule has 0 bridgehead atoms. The summed E-state index contributed by atoms with van der Waals surface area (Å²) in [5.41, 5.74) is 9.60. The lowest BCUT2D eigenvalue weighted by Gasteiger charge is -2.38.